The highest BCUT2D eigenvalue weighted by molar-refractivity contribution is 7.71. The van der Waals surface area contributed by atoms with E-state index in [1.807, 2.05) is 6.07 Å². The fourth-order valence-corrected chi connectivity index (χ4v) is 2.32. The molecular formula is C17H22N2S. The number of hydrogen-bond donors (Lipinski definition) is 1. The first kappa shape index (κ1) is 14.9. The van der Waals surface area contributed by atoms with Gasteiger partial charge in [-0.1, -0.05) is 70.6 Å². The Morgan fingerprint density at radius 2 is 1.80 bits per heavy atom. The van der Waals surface area contributed by atoms with E-state index in [2.05, 4.69) is 61.9 Å². The molecule has 1 aromatic carbocycles. The molecule has 2 aromatic rings. The normalized spacial score (nSPS) is 11.6. The van der Waals surface area contributed by atoms with Crippen molar-refractivity contribution >= 4 is 12.2 Å². The molecule has 0 atom stereocenters. The second kappa shape index (κ2) is 5.88. The highest BCUT2D eigenvalue weighted by atomic mass is 32.1. The van der Waals surface area contributed by atoms with Crippen molar-refractivity contribution < 1.29 is 0 Å². The molecule has 1 aromatic heterocycles. The van der Waals surface area contributed by atoms with Crippen LogP contribution in [0.25, 0.3) is 11.3 Å². The van der Waals surface area contributed by atoms with Gasteiger partial charge in [-0.25, -0.2) is 4.98 Å². The van der Waals surface area contributed by atoms with Crippen molar-refractivity contribution in [3.05, 3.63) is 46.4 Å². The lowest BCUT2D eigenvalue weighted by Crippen LogP contribution is -2.16. The Labute approximate surface area is 126 Å². The van der Waals surface area contributed by atoms with E-state index in [-0.39, 0.29) is 5.41 Å². The van der Waals surface area contributed by atoms with Crippen LogP contribution in [0.3, 0.4) is 0 Å². The van der Waals surface area contributed by atoms with E-state index in [9.17, 15) is 0 Å². The van der Waals surface area contributed by atoms with Gasteiger partial charge in [-0.2, -0.15) is 0 Å². The SMILES string of the molecule is CCCc1ccc(-c2cc(=S)nc(C(C)(C)C)[nH]2)cc1. The van der Waals surface area contributed by atoms with E-state index in [1.165, 1.54) is 12.0 Å². The van der Waals surface area contributed by atoms with Crippen LogP contribution in [0.15, 0.2) is 30.3 Å². The molecule has 0 spiro atoms. The van der Waals surface area contributed by atoms with Crippen molar-refractivity contribution in [1.29, 1.82) is 0 Å². The van der Waals surface area contributed by atoms with Crippen molar-refractivity contribution in [1.82, 2.24) is 9.97 Å². The van der Waals surface area contributed by atoms with E-state index in [0.717, 1.165) is 23.5 Å². The third-order valence-electron chi connectivity index (χ3n) is 3.26. The van der Waals surface area contributed by atoms with Crippen LogP contribution >= 0.6 is 12.2 Å². The monoisotopic (exact) mass is 286 g/mol. The molecule has 0 fully saturated rings. The Morgan fingerprint density at radius 3 is 2.35 bits per heavy atom. The molecule has 1 heterocycles. The molecule has 0 saturated heterocycles. The van der Waals surface area contributed by atoms with Crippen LogP contribution in [-0.2, 0) is 11.8 Å². The third kappa shape index (κ3) is 3.54. The number of benzene rings is 1. The number of rotatable bonds is 3. The number of aryl methyl sites for hydroxylation is 1. The quantitative estimate of drug-likeness (QED) is 0.799. The lowest BCUT2D eigenvalue weighted by Gasteiger charge is -2.18. The zero-order valence-corrected chi connectivity index (χ0v) is 13.5. The van der Waals surface area contributed by atoms with E-state index in [0.29, 0.717) is 4.64 Å². The molecule has 0 aliphatic heterocycles. The van der Waals surface area contributed by atoms with Crippen LogP contribution in [0, 0.1) is 4.64 Å². The van der Waals surface area contributed by atoms with Gasteiger partial charge in [0.2, 0.25) is 0 Å². The summed E-state index contributed by atoms with van der Waals surface area (Å²) in [7, 11) is 0. The van der Waals surface area contributed by atoms with Gasteiger partial charge in [0, 0.05) is 11.1 Å². The van der Waals surface area contributed by atoms with Gasteiger partial charge >= 0.3 is 0 Å². The van der Waals surface area contributed by atoms with Gasteiger partial charge in [0.15, 0.2) is 0 Å². The number of nitrogens with one attached hydrogen (secondary N) is 1. The standard InChI is InChI=1S/C17H22N2S/c1-5-6-12-7-9-13(10-8-12)14-11-15(20)19-16(18-14)17(2,3)4/h7-11H,5-6H2,1-4H3,(H,18,19,20). The molecule has 0 unspecified atom stereocenters. The third-order valence-corrected chi connectivity index (χ3v) is 3.47. The molecule has 2 nitrogen and oxygen atoms in total. The first-order chi connectivity index (χ1) is 9.40. The fraction of sp³-hybridized carbons (Fsp3) is 0.412. The molecule has 0 radical (unpaired) electrons. The maximum Gasteiger partial charge on any atom is 0.130 e. The molecule has 1 N–H and O–H groups in total. The van der Waals surface area contributed by atoms with Gasteiger partial charge < -0.3 is 4.98 Å². The lowest BCUT2D eigenvalue weighted by atomic mass is 9.95. The largest absolute Gasteiger partial charge is 0.343 e. The highest BCUT2D eigenvalue weighted by Crippen LogP contribution is 2.23. The van der Waals surface area contributed by atoms with Crippen molar-refractivity contribution in [3.63, 3.8) is 0 Å². The molecule has 0 aliphatic rings. The average Bonchev–Trinajstić information content (AvgIpc) is 2.38. The molecule has 0 aliphatic carbocycles. The first-order valence-corrected chi connectivity index (χ1v) is 7.52. The second-order valence-electron chi connectivity index (χ2n) is 6.18. The molecule has 0 saturated carbocycles. The van der Waals surface area contributed by atoms with Gasteiger partial charge in [0.25, 0.3) is 0 Å². The molecule has 3 heteroatoms. The van der Waals surface area contributed by atoms with Gasteiger partial charge in [-0.15, -0.1) is 0 Å². The molecule has 2 rings (SSSR count). The summed E-state index contributed by atoms with van der Waals surface area (Å²) in [5.41, 5.74) is 3.54. The number of aromatic amines is 1. The maximum atomic E-state index is 5.29. The van der Waals surface area contributed by atoms with Crippen LogP contribution in [0.2, 0.25) is 0 Å². The van der Waals surface area contributed by atoms with E-state index >= 15 is 0 Å². The Morgan fingerprint density at radius 1 is 1.15 bits per heavy atom. The summed E-state index contributed by atoms with van der Waals surface area (Å²) in [6, 6.07) is 10.6. The molecule has 106 valence electrons. The van der Waals surface area contributed by atoms with Crippen LogP contribution < -0.4 is 0 Å². The first-order valence-electron chi connectivity index (χ1n) is 7.11. The fourth-order valence-electron chi connectivity index (χ4n) is 2.11. The summed E-state index contributed by atoms with van der Waals surface area (Å²) >= 11 is 5.29. The summed E-state index contributed by atoms with van der Waals surface area (Å²) in [6.07, 6.45) is 2.30. The smallest absolute Gasteiger partial charge is 0.130 e. The van der Waals surface area contributed by atoms with E-state index < -0.39 is 0 Å². The predicted molar refractivity (Wildman–Crippen MR) is 87.6 cm³/mol. The number of nitrogens with zero attached hydrogens (tertiary/aromatic N) is 1. The average molecular weight is 286 g/mol. The molecule has 0 bridgehead atoms. The summed E-state index contributed by atoms with van der Waals surface area (Å²) < 4.78 is 0.640. The minimum Gasteiger partial charge on any atom is -0.343 e. The van der Waals surface area contributed by atoms with E-state index in [1.54, 1.807) is 0 Å². The molecular weight excluding hydrogens is 264 g/mol. The number of hydrogen-bond acceptors (Lipinski definition) is 2. The van der Waals surface area contributed by atoms with Gasteiger partial charge in [-0.3, -0.25) is 0 Å². The summed E-state index contributed by atoms with van der Waals surface area (Å²) in [5, 5.41) is 0. The Balaban J connectivity index is 2.42. The predicted octanol–water partition coefficient (Wildman–Crippen LogP) is 5.06. The highest BCUT2D eigenvalue weighted by Gasteiger charge is 2.17. The second-order valence-corrected chi connectivity index (χ2v) is 6.60. The molecule has 20 heavy (non-hydrogen) atoms. The number of aromatic nitrogens is 2. The van der Waals surface area contributed by atoms with Gasteiger partial charge in [-0.05, 0) is 23.6 Å². The van der Waals surface area contributed by atoms with Crippen LogP contribution in [0.4, 0.5) is 0 Å². The van der Waals surface area contributed by atoms with Crippen LogP contribution in [0.5, 0.6) is 0 Å². The van der Waals surface area contributed by atoms with E-state index in [4.69, 9.17) is 12.2 Å². The van der Waals surface area contributed by atoms with Crippen LogP contribution in [-0.4, -0.2) is 9.97 Å². The summed E-state index contributed by atoms with van der Waals surface area (Å²) in [6.45, 7) is 8.60. The summed E-state index contributed by atoms with van der Waals surface area (Å²) in [5.74, 6) is 0.928. The van der Waals surface area contributed by atoms with Gasteiger partial charge in [0.1, 0.15) is 10.5 Å². The maximum absolute atomic E-state index is 5.29. The minimum absolute atomic E-state index is 0.0360. The Bertz CT molecular complexity index is 633. The van der Waals surface area contributed by atoms with Crippen molar-refractivity contribution in [2.45, 2.75) is 46.0 Å². The lowest BCUT2D eigenvalue weighted by molar-refractivity contribution is 0.545. The molecule has 0 amide bonds. The number of H-pyrrole nitrogens is 1. The van der Waals surface area contributed by atoms with Crippen molar-refractivity contribution in [2.75, 3.05) is 0 Å². The van der Waals surface area contributed by atoms with Gasteiger partial charge in [0.05, 0.1) is 0 Å². The Hall–Kier alpha value is -1.48. The zero-order chi connectivity index (χ0) is 14.8. The topological polar surface area (TPSA) is 28.7 Å². The Kier molecular flexibility index (Phi) is 4.39. The summed E-state index contributed by atoms with van der Waals surface area (Å²) in [4.78, 5) is 7.85. The minimum atomic E-state index is -0.0360. The van der Waals surface area contributed by atoms with Crippen molar-refractivity contribution in [2.24, 2.45) is 0 Å². The van der Waals surface area contributed by atoms with Crippen LogP contribution in [0.1, 0.15) is 45.5 Å². The zero-order valence-electron chi connectivity index (χ0n) is 12.7. The van der Waals surface area contributed by atoms with Crippen molar-refractivity contribution in [3.8, 4) is 11.3 Å².